The van der Waals surface area contributed by atoms with E-state index in [0.717, 1.165) is 29.9 Å². The highest BCUT2D eigenvalue weighted by Crippen LogP contribution is 2.40. The van der Waals surface area contributed by atoms with Crippen LogP contribution < -0.4 is 9.47 Å². The number of aromatic nitrogens is 1. The van der Waals surface area contributed by atoms with Crippen molar-refractivity contribution < 1.29 is 9.47 Å². The Balaban J connectivity index is 1.97. The molecule has 1 heterocycles. The van der Waals surface area contributed by atoms with Crippen molar-refractivity contribution >= 4 is 10.9 Å². The molecule has 110 valence electrons. The van der Waals surface area contributed by atoms with Crippen LogP contribution in [0, 0.1) is 0 Å². The van der Waals surface area contributed by atoms with Crippen LogP contribution in [0.4, 0.5) is 0 Å². The van der Waals surface area contributed by atoms with Crippen LogP contribution in [0.15, 0.2) is 42.5 Å². The summed E-state index contributed by atoms with van der Waals surface area (Å²) in [5, 5.41) is 1.17. The molecule has 0 fully saturated rings. The lowest BCUT2D eigenvalue weighted by atomic mass is 9.87. The predicted molar refractivity (Wildman–Crippen MR) is 87.7 cm³/mol. The largest absolute Gasteiger partial charge is 0.493 e. The van der Waals surface area contributed by atoms with Crippen LogP contribution in [0.2, 0.25) is 0 Å². The smallest absolute Gasteiger partial charge is 0.161 e. The average molecular weight is 291 g/mol. The molecular formula is C19H17NO2. The van der Waals surface area contributed by atoms with Crippen LogP contribution in [0.5, 0.6) is 11.5 Å². The molecule has 0 spiro atoms. The van der Waals surface area contributed by atoms with Gasteiger partial charge in [0.2, 0.25) is 0 Å². The van der Waals surface area contributed by atoms with Crippen LogP contribution in [0.3, 0.4) is 0 Å². The maximum atomic E-state index is 5.46. The second-order valence-corrected chi connectivity index (χ2v) is 5.54. The summed E-state index contributed by atoms with van der Waals surface area (Å²) in [7, 11) is 3.35. The molecule has 0 radical (unpaired) electrons. The Kier molecular flexibility index (Phi) is 3.00. The van der Waals surface area contributed by atoms with E-state index in [1.54, 1.807) is 14.2 Å². The van der Waals surface area contributed by atoms with Crippen LogP contribution in [0.25, 0.3) is 22.0 Å². The third-order valence-electron chi connectivity index (χ3n) is 4.33. The number of methoxy groups -OCH3 is 2. The number of pyridine rings is 1. The van der Waals surface area contributed by atoms with Gasteiger partial charge in [0.05, 0.1) is 19.7 Å². The zero-order chi connectivity index (χ0) is 15.1. The van der Waals surface area contributed by atoms with Crippen molar-refractivity contribution in [2.75, 3.05) is 14.2 Å². The third-order valence-corrected chi connectivity index (χ3v) is 4.33. The Morgan fingerprint density at radius 1 is 0.864 bits per heavy atom. The van der Waals surface area contributed by atoms with E-state index in [9.17, 15) is 0 Å². The first kappa shape index (κ1) is 13.1. The minimum atomic E-state index is 0.766. The molecule has 0 bridgehead atoms. The predicted octanol–water partition coefficient (Wildman–Crippen LogP) is 4.02. The molecule has 1 aromatic heterocycles. The highest BCUT2D eigenvalue weighted by Gasteiger charge is 2.21. The first-order valence-corrected chi connectivity index (χ1v) is 7.44. The van der Waals surface area contributed by atoms with Gasteiger partial charge in [-0.1, -0.05) is 18.2 Å². The fraction of sp³-hybridized carbons (Fsp3) is 0.211. The SMILES string of the molecule is COc1cc2c(cc1OC)-c1cc3ccccc3nc1CC2. The Morgan fingerprint density at radius 3 is 2.45 bits per heavy atom. The lowest BCUT2D eigenvalue weighted by Gasteiger charge is -2.21. The summed E-state index contributed by atoms with van der Waals surface area (Å²) < 4.78 is 10.9. The molecule has 4 rings (SSSR count). The first-order valence-electron chi connectivity index (χ1n) is 7.44. The fourth-order valence-corrected chi connectivity index (χ4v) is 3.21. The van der Waals surface area contributed by atoms with Crippen LogP contribution >= 0.6 is 0 Å². The molecule has 3 heteroatoms. The van der Waals surface area contributed by atoms with Gasteiger partial charge in [0.15, 0.2) is 11.5 Å². The van der Waals surface area contributed by atoms with E-state index in [0.29, 0.717) is 0 Å². The first-order chi connectivity index (χ1) is 10.8. The van der Waals surface area contributed by atoms with Crippen molar-refractivity contribution in [1.29, 1.82) is 0 Å². The van der Waals surface area contributed by atoms with Gasteiger partial charge in [-0.2, -0.15) is 0 Å². The summed E-state index contributed by atoms with van der Waals surface area (Å²) in [5.41, 5.74) is 5.93. The number of benzene rings is 2. The molecule has 0 amide bonds. The molecule has 3 aromatic rings. The van der Waals surface area contributed by atoms with Gasteiger partial charge in [0.1, 0.15) is 0 Å². The maximum absolute atomic E-state index is 5.46. The van der Waals surface area contributed by atoms with E-state index >= 15 is 0 Å². The van der Waals surface area contributed by atoms with Gasteiger partial charge < -0.3 is 9.47 Å². The van der Waals surface area contributed by atoms with Crippen molar-refractivity contribution in [2.45, 2.75) is 12.8 Å². The number of nitrogens with zero attached hydrogens (tertiary/aromatic N) is 1. The van der Waals surface area contributed by atoms with Crippen molar-refractivity contribution in [3.8, 4) is 22.6 Å². The normalized spacial score (nSPS) is 12.6. The summed E-state index contributed by atoms with van der Waals surface area (Å²) in [6.07, 6.45) is 1.94. The zero-order valence-corrected chi connectivity index (χ0v) is 12.7. The van der Waals surface area contributed by atoms with Gasteiger partial charge in [-0.25, -0.2) is 0 Å². The van der Waals surface area contributed by atoms with Gasteiger partial charge >= 0.3 is 0 Å². The summed E-state index contributed by atoms with van der Waals surface area (Å²) in [6, 6.07) is 14.7. The number of fused-ring (bicyclic) bond motifs is 4. The molecule has 0 N–H and O–H groups in total. The Hall–Kier alpha value is -2.55. The molecule has 3 nitrogen and oxygen atoms in total. The summed E-state index contributed by atoms with van der Waals surface area (Å²) in [5.74, 6) is 1.56. The minimum Gasteiger partial charge on any atom is -0.493 e. The van der Waals surface area contributed by atoms with Crippen LogP contribution in [-0.4, -0.2) is 19.2 Å². The number of ether oxygens (including phenoxy) is 2. The molecule has 1 aliphatic rings. The molecule has 22 heavy (non-hydrogen) atoms. The highest BCUT2D eigenvalue weighted by atomic mass is 16.5. The summed E-state index contributed by atoms with van der Waals surface area (Å²) in [6.45, 7) is 0. The van der Waals surface area contributed by atoms with Gasteiger partial charge in [-0.15, -0.1) is 0 Å². The summed E-state index contributed by atoms with van der Waals surface area (Å²) >= 11 is 0. The van der Waals surface area contributed by atoms with Crippen molar-refractivity contribution in [2.24, 2.45) is 0 Å². The van der Waals surface area contributed by atoms with Gasteiger partial charge in [-0.3, -0.25) is 4.98 Å². The number of aryl methyl sites for hydroxylation is 2. The van der Waals surface area contributed by atoms with E-state index in [4.69, 9.17) is 14.5 Å². The van der Waals surface area contributed by atoms with Gasteiger partial charge in [0.25, 0.3) is 0 Å². The second-order valence-electron chi connectivity index (χ2n) is 5.54. The Morgan fingerprint density at radius 2 is 1.64 bits per heavy atom. The van der Waals surface area contributed by atoms with E-state index < -0.39 is 0 Å². The quantitative estimate of drug-likeness (QED) is 0.714. The van der Waals surface area contributed by atoms with Gasteiger partial charge in [0, 0.05) is 16.6 Å². The number of para-hydroxylation sites is 1. The number of hydrogen-bond acceptors (Lipinski definition) is 3. The maximum Gasteiger partial charge on any atom is 0.161 e. The van der Waals surface area contributed by atoms with Crippen LogP contribution in [-0.2, 0) is 12.8 Å². The van der Waals surface area contributed by atoms with E-state index in [1.807, 2.05) is 6.07 Å². The topological polar surface area (TPSA) is 31.4 Å². The lowest BCUT2D eigenvalue weighted by Crippen LogP contribution is -2.07. The summed E-state index contributed by atoms with van der Waals surface area (Å²) in [4.78, 5) is 4.84. The highest BCUT2D eigenvalue weighted by molar-refractivity contribution is 5.87. The average Bonchev–Trinajstić information content (AvgIpc) is 2.58. The van der Waals surface area contributed by atoms with Crippen molar-refractivity contribution in [3.05, 3.63) is 53.7 Å². The fourth-order valence-electron chi connectivity index (χ4n) is 3.21. The van der Waals surface area contributed by atoms with E-state index in [1.165, 1.54) is 27.8 Å². The third kappa shape index (κ3) is 1.93. The molecule has 1 aliphatic carbocycles. The Labute approximate surface area is 129 Å². The second kappa shape index (κ2) is 5.02. The van der Waals surface area contributed by atoms with E-state index in [-0.39, 0.29) is 0 Å². The standard InChI is InChI=1S/C19H17NO2/c1-21-18-10-12-7-8-17-15(14(12)11-19(18)22-2)9-13-5-3-4-6-16(13)20-17/h3-6,9-11H,7-8H2,1-2H3. The molecular weight excluding hydrogens is 274 g/mol. The lowest BCUT2D eigenvalue weighted by molar-refractivity contribution is 0.354. The molecule has 0 aliphatic heterocycles. The molecule has 0 saturated heterocycles. The van der Waals surface area contributed by atoms with Crippen molar-refractivity contribution in [3.63, 3.8) is 0 Å². The molecule has 0 saturated carbocycles. The molecule has 0 unspecified atom stereocenters. The molecule has 0 atom stereocenters. The van der Waals surface area contributed by atoms with E-state index in [2.05, 4.69) is 36.4 Å². The number of hydrogen-bond donors (Lipinski definition) is 0. The minimum absolute atomic E-state index is 0.766. The zero-order valence-electron chi connectivity index (χ0n) is 12.7. The van der Waals surface area contributed by atoms with Gasteiger partial charge in [-0.05, 0) is 48.2 Å². The number of rotatable bonds is 2. The van der Waals surface area contributed by atoms with Crippen LogP contribution in [0.1, 0.15) is 11.3 Å². The Bertz CT molecular complexity index is 871. The molecule has 2 aromatic carbocycles. The van der Waals surface area contributed by atoms with Crippen molar-refractivity contribution in [1.82, 2.24) is 4.98 Å². The monoisotopic (exact) mass is 291 g/mol.